The molecule has 44 heavy (non-hydrogen) atoms. The Morgan fingerprint density at radius 3 is 1.57 bits per heavy atom. The number of benzene rings is 3. The van der Waals surface area contributed by atoms with Gasteiger partial charge in [0.25, 0.3) is 0 Å². The predicted octanol–water partition coefficient (Wildman–Crippen LogP) is 7.54. The number of hydrogen-bond donors (Lipinski definition) is 0. The fourth-order valence-electron chi connectivity index (χ4n) is 4.28. The second-order valence-electron chi connectivity index (χ2n) is 12.5. The third-order valence-corrected chi connectivity index (χ3v) is 6.69. The van der Waals surface area contributed by atoms with Crippen molar-refractivity contribution < 1.29 is 38.1 Å². The van der Waals surface area contributed by atoms with Crippen LogP contribution in [0.1, 0.15) is 90.7 Å². The van der Waals surface area contributed by atoms with Gasteiger partial charge >= 0.3 is 11.9 Å². The molecule has 5 rings (SSSR count). The van der Waals surface area contributed by atoms with Gasteiger partial charge in [-0.15, -0.1) is 0 Å². The largest absolute Gasteiger partial charge is 0.483 e. The zero-order chi connectivity index (χ0) is 32.3. The topological polar surface area (TPSA) is 105 Å². The highest BCUT2D eigenvalue weighted by molar-refractivity contribution is 5.94. The lowest BCUT2D eigenvalue weighted by molar-refractivity contribution is -0.143. The highest BCUT2D eigenvalue weighted by Gasteiger charge is 2.30. The fraction of sp³-hybridized carbons (Fsp3) is 0.278. The first-order valence-electron chi connectivity index (χ1n) is 14.1. The van der Waals surface area contributed by atoms with Crippen molar-refractivity contribution >= 4 is 36.7 Å². The maximum absolute atomic E-state index is 12.3. The minimum absolute atomic E-state index is 0.220. The van der Waals surface area contributed by atoms with Gasteiger partial charge in [0, 0.05) is 0 Å². The third kappa shape index (κ3) is 7.32. The molecule has 3 aromatic rings. The molecule has 228 valence electrons. The van der Waals surface area contributed by atoms with Crippen LogP contribution in [-0.2, 0) is 4.79 Å². The highest BCUT2D eigenvalue weighted by atomic mass is 16.5. The van der Waals surface area contributed by atoms with Crippen LogP contribution < -0.4 is 18.9 Å². The first-order chi connectivity index (χ1) is 20.6. The van der Waals surface area contributed by atoms with Crippen LogP contribution in [0.15, 0.2) is 66.7 Å². The van der Waals surface area contributed by atoms with E-state index < -0.39 is 28.6 Å². The molecule has 3 aromatic carbocycles. The van der Waals surface area contributed by atoms with Crippen LogP contribution >= 0.6 is 0 Å². The number of carbonyl (C=O) groups excluding carboxylic acids is 4. The van der Waals surface area contributed by atoms with E-state index in [1.807, 2.05) is 58.1 Å². The van der Waals surface area contributed by atoms with Crippen LogP contribution in [0, 0.1) is 5.41 Å². The molecule has 2 aliphatic rings. The molecule has 0 unspecified atom stereocenters. The number of fused-ring (bicyclic) bond motifs is 2. The highest BCUT2D eigenvalue weighted by Crippen LogP contribution is 2.40. The molecular formula is C36H36O8. The first kappa shape index (κ1) is 31.9. The normalized spacial score (nSPS) is 15.2. The molecule has 0 spiro atoms. The van der Waals surface area contributed by atoms with E-state index in [1.54, 1.807) is 69.3 Å². The number of aldehydes is 2. The van der Waals surface area contributed by atoms with Crippen molar-refractivity contribution in [3.05, 3.63) is 94.6 Å². The minimum Gasteiger partial charge on any atom is -0.483 e. The SMILES string of the molecule is CC1(C)C=Cc2c(ccc(C=O)c2OC(=O)C(C)(C)C)O1.CC1(C)C=Cc2c(ccc(C=O)c2OC(=O)c2ccccc2)O1. The molecule has 0 bridgehead atoms. The fourth-order valence-corrected chi connectivity index (χ4v) is 4.28. The van der Waals surface area contributed by atoms with E-state index in [4.69, 9.17) is 18.9 Å². The lowest BCUT2D eigenvalue weighted by atomic mass is 9.96. The second kappa shape index (κ2) is 12.3. The Morgan fingerprint density at radius 2 is 1.14 bits per heavy atom. The van der Waals surface area contributed by atoms with E-state index in [1.165, 1.54) is 0 Å². The summed E-state index contributed by atoms with van der Waals surface area (Å²) in [5.41, 5.74) is 0.747. The zero-order valence-electron chi connectivity index (χ0n) is 25.9. The molecule has 0 atom stereocenters. The van der Waals surface area contributed by atoms with Crippen molar-refractivity contribution in [2.45, 2.75) is 59.7 Å². The Hall–Kier alpha value is -4.98. The van der Waals surface area contributed by atoms with Gasteiger partial charge in [-0.05, 0) is 109 Å². The Balaban J connectivity index is 0.000000202. The quantitative estimate of drug-likeness (QED) is 0.169. The molecule has 0 amide bonds. The van der Waals surface area contributed by atoms with Crippen molar-refractivity contribution in [2.75, 3.05) is 0 Å². The lowest BCUT2D eigenvalue weighted by Crippen LogP contribution is -2.29. The van der Waals surface area contributed by atoms with Gasteiger partial charge in [-0.3, -0.25) is 14.4 Å². The standard InChI is InChI=1S/C19H16O4.C17H20O4/c1-19(2)11-10-15-16(23-19)9-8-14(12-20)17(15)22-18(21)13-6-4-3-5-7-13;1-16(2,3)15(19)20-14-11(10-18)6-7-13-12(14)8-9-17(4,5)21-13/h3-12H,1-2H3;6-10H,1-5H3. The average molecular weight is 597 g/mol. The Morgan fingerprint density at radius 1 is 0.682 bits per heavy atom. The molecule has 0 aliphatic carbocycles. The Kier molecular flexibility index (Phi) is 8.95. The van der Waals surface area contributed by atoms with Gasteiger partial charge in [0.2, 0.25) is 0 Å². The zero-order valence-corrected chi connectivity index (χ0v) is 25.9. The van der Waals surface area contributed by atoms with Crippen LogP contribution in [0.25, 0.3) is 12.2 Å². The van der Waals surface area contributed by atoms with Crippen molar-refractivity contribution in [3.8, 4) is 23.0 Å². The van der Waals surface area contributed by atoms with Crippen molar-refractivity contribution in [1.29, 1.82) is 0 Å². The molecule has 0 saturated carbocycles. The number of ether oxygens (including phenoxy) is 4. The summed E-state index contributed by atoms with van der Waals surface area (Å²) in [6, 6.07) is 15.3. The minimum atomic E-state index is -0.651. The summed E-state index contributed by atoms with van der Waals surface area (Å²) >= 11 is 0. The third-order valence-electron chi connectivity index (χ3n) is 6.69. The predicted molar refractivity (Wildman–Crippen MR) is 168 cm³/mol. The van der Waals surface area contributed by atoms with E-state index in [-0.39, 0.29) is 11.5 Å². The monoisotopic (exact) mass is 596 g/mol. The van der Waals surface area contributed by atoms with E-state index in [9.17, 15) is 19.2 Å². The van der Waals surface area contributed by atoms with Gasteiger partial charge in [0.1, 0.15) is 22.7 Å². The van der Waals surface area contributed by atoms with Gasteiger partial charge in [-0.25, -0.2) is 4.79 Å². The number of hydrogen-bond acceptors (Lipinski definition) is 8. The van der Waals surface area contributed by atoms with Crippen molar-refractivity contribution in [2.24, 2.45) is 5.41 Å². The number of rotatable bonds is 5. The molecule has 8 heteroatoms. The summed E-state index contributed by atoms with van der Waals surface area (Å²) in [7, 11) is 0. The maximum atomic E-state index is 12.3. The molecule has 0 saturated heterocycles. The lowest BCUT2D eigenvalue weighted by Gasteiger charge is -2.29. The molecule has 0 N–H and O–H groups in total. The van der Waals surface area contributed by atoms with Gasteiger partial charge in [-0.2, -0.15) is 0 Å². The molecule has 0 fully saturated rings. The Labute approximate surface area is 257 Å². The van der Waals surface area contributed by atoms with Gasteiger partial charge in [-0.1, -0.05) is 18.2 Å². The van der Waals surface area contributed by atoms with E-state index >= 15 is 0 Å². The molecule has 8 nitrogen and oxygen atoms in total. The van der Waals surface area contributed by atoms with E-state index in [2.05, 4.69) is 0 Å². The molecule has 0 aromatic heterocycles. The number of carbonyl (C=O) groups is 4. The van der Waals surface area contributed by atoms with Crippen LogP contribution in [0.3, 0.4) is 0 Å². The molecule has 0 radical (unpaired) electrons. The summed E-state index contributed by atoms with van der Waals surface area (Å²) in [6.45, 7) is 13.0. The van der Waals surface area contributed by atoms with Gasteiger partial charge < -0.3 is 18.9 Å². The van der Waals surface area contributed by atoms with Crippen molar-refractivity contribution in [1.82, 2.24) is 0 Å². The van der Waals surface area contributed by atoms with E-state index in [0.29, 0.717) is 51.9 Å². The van der Waals surface area contributed by atoms with Crippen LogP contribution in [0.4, 0.5) is 0 Å². The van der Waals surface area contributed by atoms with Gasteiger partial charge in [0.15, 0.2) is 24.1 Å². The summed E-state index contributed by atoms with van der Waals surface area (Å²) in [5.74, 6) is 0.758. The van der Waals surface area contributed by atoms with E-state index in [0.717, 1.165) is 0 Å². The summed E-state index contributed by atoms with van der Waals surface area (Å²) in [6.07, 6.45) is 8.74. The van der Waals surface area contributed by atoms with Crippen LogP contribution in [0.5, 0.6) is 23.0 Å². The second-order valence-corrected chi connectivity index (χ2v) is 12.5. The molecule has 2 heterocycles. The van der Waals surface area contributed by atoms with Crippen LogP contribution in [0.2, 0.25) is 0 Å². The maximum Gasteiger partial charge on any atom is 0.343 e. The van der Waals surface area contributed by atoms with Crippen LogP contribution in [-0.4, -0.2) is 35.7 Å². The summed E-state index contributed by atoms with van der Waals surface area (Å²) in [5, 5.41) is 0. The Bertz CT molecular complexity index is 1650. The smallest absolute Gasteiger partial charge is 0.343 e. The summed E-state index contributed by atoms with van der Waals surface area (Å²) < 4.78 is 22.6. The molecule has 2 aliphatic heterocycles. The van der Waals surface area contributed by atoms with Gasteiger partial charge in [0.05, 0.1) is 33.2 Å². The molecular weight excluding hydrogens is 560 g/mol. The average Bonchev–Trinajstić information content (AvgIpc) is 2.96. The number of esters is 2. The summed E-state index contributed by atoms with van der Waals surface area (Å²) in [4.78, 5) is 46.9. The first-order valence-corrected chi connectivity index (χ1v) is 14.1. The van der Waals surface area contributed by atoms with Crippen molar-refractivity contribution in [3.63, 3.8) is 0 Å².